The fraction of sp³-hybridized carbons (Fsp3) is 0.379. The summed E-state index contributed by atoms with van der Waals surface area (Å²) in [6, 6.07) is 30.7. The van der Waals surface area contributed by atoms with Crippen molar-refractivity contribution in [3.05, 3.63) is 108 Å². The van der Waals surface area contributed by atoms with Crippen molar-refractivity contribution in [3.63, 3.8) is 0 Å². The highest BCUT2D eigenvalue weighted by Crippen LogP contribution is 2.34. The fourth-order valence-electron chi connectivity index (χ4n) is 4.17. The molecule has 0 aromatic heterocycles. The molecule has 0 spiro atoms. The quantitative estimate of drug-likeness (QED) is 0.326. The van der Waals surface area contributed by atoms with Crippen LogP contribution in [0.15, 0.2) is 91.0 Å². The molecule has 5 heteroatoms. The van der Waals surface area contributed by atoms with E-state index in [-0.39, 0.29) is 29.9 Å². The molecule has 34 heavy (non-hydrogen) atoms. The highest BCUT2D eigenvalue weighted by Gasteiger charge is 2.46. The topological polar surface area (TPSA) is 36.9 Å². The normalized spacial score (nSPS) is 24.7. The summed E-state index contributed by atoms with van der Waals surface area (Å²) in [7, 11) is 0. The van der Waals surface area contributed by atoms with Crippen LogP contribution in [0.25, 0.3) is 0 Å². The molecule has 0 N–H and O–H groups in total. The van der Waals surface area contributed by atoms with Gasteiger partial charge in [-0.15, -0.1) is 11.8 Å². The summed E-state index contributed by atoms with van der Waals surface area (Å²) < 4.78 is 26.0. The summed E-state index contributed by atoms with van der Waals surface area (Å²) in [5.74, 6) is 0.934. The number of hydrogen-bond donors (Lipinski definition) is 0. The van der Waals surface area contributed by atoms with E-state index in [2.05, 4.69) is 50.2 Å². The second-order valence-electron chi connectivity index (χ2n) is 8.45. The van der Waals surface area contributed by atoms with Crippen molar-refractivity contribution in [2.45, 2.75) is 63.5 Å². The summed E-state index contributed by atoms with van der Waals surface area (Å²) >= 11 is 1.76. The number of benzene rings is 3. The maximum atomic E-state index is 6.57. The lowest BCUT2D eigenvalue weighted by Gasteiger charge is -2.45. The molecule has 5 atom stereocenters. The summed E-state index contributed by atoms with van der Waals surface area (Å²) in [5, 5.41) is 0. The third kappa shape index (κ3) is 6.94. The van der Waals surface area contributed by atoms with Crippen molar-refractivity contribution in [2.24, 2.45) is 0 Å². The molecular weight excluding hydrogens is 444 g/mol. The van der Waals surface area contributed by atoms with E-state index in [0.717, 1.165) is 22.4 Å². The largest absolute Gasteiger partial charge is 0.368 e. The Morgan fingerprint density at radius 3 is 1.47 bits per heavy atom. The maximum absolute atomic E-state index is 6.57. The first-order valence-corrected chi connectivity index (χ1v) is 13.0. The average Bonchev–Trinajstić information content (AvgIpc) is 2.88. The van der Waals surface area contributed by atoms with E-state index in [4.69, 9.17) is 18.9 Å². The van der Waals surface area contributed by atoms with Crippen LogP contribution in [-0.4, -0.2) is 35.6 Å². The molecule has 1 aliphatic rings. The van der Waals surface area contributed by atoms with E-state index in [9.17, 15) is 0 Å². The lowest BCUT2D eigenvalue weighted by molar-refractivity contribution is -0.242. The number of thioether (sulfide) groups is 1. The third-order valence-corrected chi connectivity index (χ3v) is 6.96. The molecule has 4 nitrogen and oxygen atoms in total. The van der Waals surface area contributed by atoms with Crippen LogP contribution in [0.1, 0.15) is 30.5 Å². The Bertz CT molecular complexity index is 954. The van der Waals surface area contributed by atoms with Crippen molar-refractivity contribution < 1.29 is 18.9 Å². The summed E-state index contributed by atoms with van der Waals surface area (Å²) in [6.45, 7) is 5.72. The smallest absolute Gasteiger partial charge is 0.132 e. The molecule has 1 heterocycles. The molecule has 3 aromatic rings. The van der Waals surface area contributed by atoms with Crippen LogP contribution in [0.2, 0.25) is 0 Å². The Hall–Kier alpha value is -2.15. The SMILES string of the molecule is CCS[C@@H]1O[C@H](C)[C@H](OCc2ccccc2)[C@H](OCc2ccccc2)[C@H]1OCc1ccccc1. The Kier molecular flexibility index (Phi) is 9.60. The molecule has 0 radical (unpaired) electrons. The minimum Gasteiger partial charge on any atom is -0.368 e. The van der Waals surface area contributed by atoms with Gasteiger partial charge in [0.15, 0.2) is 0 Å². The van der Waals surface area contributed by atoms with Crippen molar-refractivity contribution in [3.8, 4) is 0 Å². The zero-order valence-electron chi connectivity index (χ0n) is 19.9. The Morgan fingerprint density at radius 2 is 1.03 bits per heavy atom. The molecule has 3 aromatic carbocycles. The van der Waals surface area contributed by atoms with Crippen LogP contribution < -0.4 is 0 Å². The van der Waals surface area contributed by atoms with Crippen LogP contribution in [0.4, 0.5) is 0 Å². The second kappa shape index (κ2) is 13.1. The second-order valence-corrected chi connectivity index (χ2v) is 9.82. The van der Waals surface area contributed by atoms with Crippen LogP contribution >= 0.6 is 11.8 Å². The molecule has 1 aliphatic heterocycles. The Labute approximate surface area is 207 Å². The van der Waals surface area contributed by atoms with Crippen molar-refractivity contribution in [1.29, 1.82) is 0 Å². The monoisotopic (exact) mass is 478 g/mol. The third-order valence-electron chi connectivity index (χ3n) is 5.91. The van der Waals surface area contributed by atoms with Crippen molar-refractivity contribution in [1.82, 2.24) is 0 Å². The predicted molar refractivity (Wildman–Crippen MR) is 138 cm³/mol. The molecule has 0 aliphatic carbocycles. The van der Waals surface area contributed by atoms with E-state index in [1.165, 1.54) is 0 Å². The Morgan fingerprint density at radius 1 is 0.618 bits per heavy atom. The summed E-state index contributed by atoms with van der Waals surface area (Å²) in [4.78, 5) is 0. The summed E-state index contributed by atoms with van der Waals surface area (Å²) in [5.41, 5.74) is 3.26. The van der Waals surface area contributed by atoms with Gasteiger partial charge in [-0.25, -0.2) is 0 Å². The number of hydrogen-bond acceptors (Lipinski definition) is 5. The molecule has 0 unspecified atom stereocenters. The van der Waals surface area contributed by atoms with Crippen molar-refractivity contribution >= 4 is 11.8 Å². The standard InChI is InChI=1S/C29H34O4S/c1-3-34-29-28(32-21-25-17-11-6-12-18-25)27(31-20-24-15-9-5-10-16-24)26(22(2)33-29)30-19-23-13-7-4-8-14-23/h4-18,22,26-29H,3,19-21H2,1-2H3/t22-,26+,27+,28-,29+/m1/s1. The number of ether oxygens (including phenoxy) is 4. The van der Waals surface area contributed by atoms with Gasteiger partial charge in [-0.05, 0) is 29.4 Å². The average molecular weight is 479 g/mol. The molecule has 1 fully saturated rings. The fourth-order valence-corrected chi connectivity index (χ4v) is 5.17. The first-order valence-electron chi connectivity index (χ1n) is 12.0. The first-order chi connectivity index (χ1) is 16.7. The zero-order valence-corrected chi connectivity index (χ0v) is 20.7. The number of rotatable bonds is 11. The highest BCUT2D eigenvalue weighted by molar-refractivity contribution is 7.99. The van der Waals surface area contributed by atoms with Gasteiger partial charge in [0.2, 0.25) is 0 Å². The van der Waals surface area contributed by atoms with Crippen LogP contribution in [0.5, 0.6) is 0 Å². The van der Waals surface area contributed by atoms with Gasteiger partial charge in [0.05, 0.1) is 25.9 Å². The van der Waals surface area contributed by atoms with Gasteiger partial charge < -0.3 is 18.9 Å². The zero-order chi connectivity index (χ0) is 23.6. The molecule has 1 saturated heterocycles. The highest BCUT2D eigenvalue weighted by atomic mass is 32.2. The van der Waals surface area contributed by atoms with Crippen LogP contribution in [0.3, 0.4) is 0 Å². The molecule has 0 saturated carbocycles. The predicted octanol–water partition coefficient (Wildman–Crippen LogP) is 6.24. The lowest BCUT2D eigenvalue weighted by atomic mass is 9.99. The molecule has 0 bridgehead atoms. The molecule has 180 valence electrons. The van der Waals surface area contributed by atoms with Gasteiger partial charge in [0, 0.05) is 0 Å². The maximum Gasteiger partial charge on any atom is 0.132 e. The molecule has 4 rings (SSSR count). The van der Waals surface area contributed by atoms with E-state index < -0.39 is 0 Å². The van der Waals surface area contributed by atoms with Crippen LogP contribution in [-0.2, 0) is 38.8 Å². The van der Waals surface area contributed by atoms with Gasteiger partial charge in [-0.1, -0.05) is 97.9 Å². The molecular formula is C29H34O4S. The Balaban J connectivity index is 1.55. The summed E-state index contributed by atoms with van der Waals surface area (Å²) in [6.07, 6.45) is -0.894. The van der Waals surface area contributed by atoms with E-state index in [0.29, 0.717) is 19.8 Å². The van der Waals surface area contributed by atoms with Crippen molar-refractivity contribution in [2.75, 3.05) is 5.75 Å². The van der Waals surface area contributed by atoms with Gasteiger partial charge >= 0.3 is 0 Å². The van der Waals surface area contributed by atoms with Gasteiger partial charge in [-0.3, -0.25) is 0 Å². The van der Waals surface area contributed by atoms with Crippen LogP contribution in [0, 0.1) is 0 Å². The van der Waals surface area contributed by atoms with Gasteiger partial charge in [-0.2, -0.15) is 0 Å². The van der Waals surface area contributed by atoms with Gasteiger partial charge in [0.1, 0.15) is 23.7 Å². The lowest BCUT2D eigenvalue weighted by Crippen LogP contribution is -2.58. The van der Waals surface area contributed by atoms with E-state index in [1.54, 1.807) is 11.8 Å². The van der Waals surface area contributed by atoms with E-state index in [1.807, 2.05) is 54.6 Å². The minimum atomic E-state index is -0.263. The van der Waals surface area contributed by atoms with E-state index >= 15 is 0 Å². The first kappa shape index (κ1) is 25.0. The van der Waals surface area contributed by atoms with Gasteiger partial charge in [0.25, 0.3) is 0 Å². The molecule has 0 amide bonds. The minimum absolute atomic E-state index is 0.120.